The molecule has 0 heterocycles. The maximum Gasteiger partial charge on any atom is 0.216 e. The molecule has 0 saturated heterocycles. The average Bonchev–Trinajstić information content (AvgIpc) is 2.72. The van der Waals surface area contributed by atoms with Gasteiger partial charge in [0.05, 0.1) is 6.61 Å². The largest absolute Gasteiger partial charge is 0.494 e. The molecule has 0 spiro atoms. The molecule has 3 heteroatoms. The smallest absolute Gasteiger partial charge is 0.216 e. The lowest BCUT2D eigenvalue weighted by atomic mass is 9.95. The van der Waals surface area contributed by atoms with Crippen LogP contribution < -0.4 is 10.1 Å². The summed E-state index contributed by atoms with van der Waals surface area (Å²) in [6, 6.07) is 21.4. The van der Waals surface area contributed by atoms with E-state index in [2.05, 4.69) is 66.8 Å². The van der Waals surface area contributed by atoms with E-state index in [4.69, 9.17) is 4.74 Å². The van der Waals surface area contributed by atoms with Crippen molar-refractivity contribution in [3.05, 3.63) is 77.4 Å². The number of fused-ring (bicyclic) bond motifs is 1. The molecule has 1 N–H and O–H groups in total. The lowest BCUT2D eigenvalue weighted by molar-refractivity contribution is -0.118. The molecule has 0 radical (unpaired) electrons. The Hall–Kier alpha value is -2.81. The van der Waals surface area contributed by atoms with Crippen LogP contribution in [0.4, 0.5) is 0 Å². The van der Waals surface area contributed by atoms with E-state index in [-0.39, 0.29) is 5.91 Å². The van der Waals surface area contributed by atoms with Gasteiger partial charge >= 0.3 is 0 Å². The summed E-state index contributed by atoms with van der Waals surface area (Å²) in [6.07, 6.45) is 5.17. The fourth-order valence-electron chi connectivity index (χ4n) is 3.63. The Morgan fingerprint density at radius 2 is 1.79 bits per heavy atom. The Labute approximate surface area is 174 Å². The van der Waals surface area contributed by atoms with E-state index in [9.17, 15) is 4.79 Å². The van der Waals surface area contributed by atoms with E-state index in [0.717, 1.165) is 31.6 Å². The minimum absolute atomic E-state index is 0.00897. The number of rotatable bonds is 10. The Morgan fingerprint density at radius 1 is 0.966 bits per heavy atom. The van der Waals surface area contributed by atoms with E-state index < -0.39 is 0 Å². The first-order valence-electron chi connectivity index (χ1n) is 10.6. The Kier molecular flexibility index (Phi) is 7.69. The van der Waals surface area contributed by atoms with Crippen molar-refractivity contribution < 1.29 is 9.53 Å². The van der Waals surface area contributed by atoms with Gasteiger partial charge < -0.3 is 10.1 Å². The zero-order valence-corrected chi connectivity index (χ0v) is 17.5. The molecule has 0 aliphatic carbocycles. The normalized spacial score (nSPS) is 10.8. The van der Waals surface area contributed by atoms with Crippen LogP contribution in [-0.4, -0.2) is 19.1 Å². The average molecular weight is 390 g/mol. The van der Waals surface area contributed by atoms with Crippen LogP contribution in [0, 0.1) is 0 Å². The fourth-order valence-corrected chi connectivity index (χ4v) is 3.63. The molecule has 0 saturated carbocycles. The van der Waals surface area contributed by atoms with Crippen molar-refractivity contribution in [3.8, 4) is 5.75 Å². The van der Waals surface area contributed by atoms with E-state index in [1.54, 1.807) is 6.92 Å². The topological polar surface area (TPSA) is 38.3 Å². The van der Waals surface area contributed by atoms with Gasteiger partial charge in [-0.2, -0.15) is 0 Å². The number of hydrogen-bond donors (Lipinski definition) is 1. The number of nitrogens with one attached hydrogen (secondary N) is 1. The van der Waals surface area contributed by atoms with Gasteiger partial charge in [-0.1, -0.05) is 68.3 Å². The van der Waals surface area contributed by atoms with Crippen LogP contribution in [0.3, 0.4) is 0 Å². The van der Waals surface area contributed by atoms with Crippen LogP contribution in [0.2, 0.25) is 0 Å². The van der Waals surface area contributed by atoms with Crippen molar-refractivity contribution >= 4 is 16.7 Å². The van der Waals surface area contributed by atoms with Gasteiger partial charge in [-0.25, -0.2) is 0 Å². The van der Waals surface area contributed by atoms with Crippen molar-refractivity contribution in [1.29, 1.82) is 0 Å². The molecule has 0 fully saturated rings. The number of unbranched alkanes of at least 4 members (excludes halogenated alkanes) is 2. The standard InChI is InChI=1S/C26H31NO2/c1-3-4-8-15-29-25-12-11-23-17-22(16-21-9-6-5-7-10-21)18-24(26(23)19-25)13-14-27-20(2)28/h5-7,9-12,17-19H,3-4,8,13-16H2,1-2H3,(H,27,28). The van der Waals surface area contributed by atoms with Crippen molar-refractivity contribution in [1.82, 2.24) is 5.32 Å². The van der Waals surface area contributed by atoms with Crippen molar-refractivity contribution in [2.75, 3.05) is 13.2 Å². The van der Waals surface area contributed by atoms with E-state index in [1.165, 1.54) is 40.3 Å². The summed E-state index contributed by atoms with van der Waals surface area (Å²) < 4.78 is 5.97. The van der Waals surface area contributed by atoms with E-state index >= 15 is 0 Å². The highest BCUT2D eigenvalue weighted by atomic mass is 16.5. The van der Waals surface area contributed by atoms with Crippen molar-refractivity contribution in [3.63, 3.8) is 0 Å². The molecule has 1 amide bonds. The van der Waals surface area contributed by atoms with Gasteiger partial charge in [0.15, 0.2) is 0 Å². The maximum absolute atomic E-state index is 11.3. The minimum Gasteiger partial charge on any atom is -0.494 e. The molecule has 0 aliphatic rings. The number of carbonyl (C=O) groups excluding carboxylic acids is 1. The second kappa shape index (κ2) is 10.7. The summed E-state index contributed by atoms with van der Waals surface area (Å²) in [5.74, 6) is 0.930. The van der Waals surface area contributed by atoms with Gasteiger partial charge in [0, 0.05) is 13.5 Å². The number of amides is 1. The van der Waals surface area contributed by atoms with E-state index in [0.29, 0.717) is 6.54 Å². The molecular weight excluding hydrogens is 358 g/mol. The maximum atomic E-state index is 11.3. The third kappa shape index (κ3) is 6.35. The summed E-state index contributed by atoms with van der Waals surface area (Å²) in [5, 5.41) is 5.35. The predicted molar refractivity (Wildman–Crippen MR) is 121 cm³/mol. The van der Waals surface area contributed by atoms with Gasteiger partial charge in [0.1, 0.15) is 5.75 Å². The number of hydrogen-bond acceptors (Lipinski definition) is 2. The van der Waals surface area contributed by atoms with Crippen LogP contribution in [0.25, 0.3) is 10.8 Å². The molecule has 29 heavy (non-hydrogen) atoms. The summed E-state index contributed by atoms with van der Waals surface area (Å²) in [6.45, 7) is 5.16. The highest BCUT2D eigenvalue weighted by Gasteiger charge is 2.08. The molecule has 0 aliphatic heterocycles. The highest BCUT2D eigenvalue weighted by molar-refractivity contribution is 5.88. The summed E-state index contributed by atoms with van der Waals surface area (Å²) in [4.78, 5) is 11.3. The number of ether oxygens (including phenoxy) is 1. The molecule has 0 aromatic heterocycles. The molecule has 3 aromatic rings. The van der Waals surface area contributed by atoms with Crippen LogP contribution in [0.15, 0.2) is 60.7 Å². The molecule has 0 atom stereocenters. The summed E-state index contributed by atoms with van der Waals surface area (Å²) in [5.41, 5.74) is 3.84. The molecule has 0 bridgehead atoms. The van der Waals surface area contributed by atoms with Gasteiger partial charge in [0.25, 0.3) is 0 Å². The zero-order valence-electron chi connectivity index (χ0n) is 17.5. The SMILES string of the molecule is CCCCCOc1ccc2cc(Cc3ccccc3)cc(CCNC(C)=O)c2c1. The third-order valence-electron chi connectivity index (χ3n) is 5.11. The Bertz CT molecular complexity index is 934. The highest BCUT2D eigenvalue weighted by Crippen LogP contribution is 2.27. The Balaban J connectivity index is 1.86. The Morgan fingerprint density at radius 3 is 2.55 bits per heavy atom. The lowest BCUT2D eigenvalue weighted by Crippen LogP contribution is -2.22. The molecule has 3 nitrogen and oxygen atoms in total. The van der Waals surface area contributed by atoms with Crippen LogP contribution >= 0.6 is 0 Å². The van der Waals surface area contributed by atoms with Gasteiger partial charge in [-0.05, 0) is 58.9 Å². The molecular formula is C26H31NO2. The first-order chi connectivity index (χ1) is 14.2. The number of benzene rings is 3. The summed E-state index contributed by atoms with van der Waals surface area (Å²) >= 11 is 0. The first kappa shape index (κ1) is 20.9. The predicted octanol–water partition coefficient (Wildman–Crippen LogP) is 5.68. The van der Waals surface area contributed by atoms with Gasteiger partial charge in [-0.3, -0.25) is 4.79 Å². The monoisotopic (exact) mass is 389 g/mol. The first-order valence-corrected chi connectivity index (χ1v) is 10.6. The third-order valence-corrected chi connectivity index (χ3v) is 5.11. The zero-order chi connectivity index (χ0) is 20.5. The second-order valence-electron chi connectivity index (χ2n) is 7.59. The molecule has 3 rings (SSSR count). The molecule has 0 unspecified atom stereocenters. The van der Waals surface area contributed by atoms with Crippen molar-refractivity contribution in [2.45, 2.75) is 46.0 Å². The lowest BCUT2D eigenvalue weighted by Gasteiger charge is -2.13. The minimum atomic E-state index is 0.00897. The second-order valence-corrected chi connectivity index (χ2v) is 7.59. The fraction of sp³-hybridized carbons (Fsp3) is 0.346. The van der Waals surface area contributed by atoms with Crippen LogP contribution in [0.5, 0.6) is 5.75 Å². The van der Waals surface area contributed by atoms with Crippen LogP contribution in [0.1, 0.15) is 49.8 Å². The molecule has 3 aromatic carbocycles. The number of carbonyl (C=O) groups is 1. The summed E-state index contributed by atoms with van der Waals surface area (Å²) in [7, 11) is 0. The van der Waals surface area contributed by atoms with Gasteiger partial charge in [0.2, 0.25) is 5.91 Å². The van der Waals surface area contributed by atoms with Crippen LogP contribution in [-0.2, 0) is 17.6 Å². The van der Waals surface area contributed by atoms with Gasteiger partial charge in [-0.15, -0.1) is 0 Å². The quantitative estimate of drug-likeness (QED) is 0.453. The molecule has 152 valence electrons. The van der Waals surface area contributed by atoms with E-state index in [1.807, 2.05) is 6.07 Å². The van der Waals surface area contributed by atoms with Crippen molar-refractivity contribution in [2.24, 2.45) is 0 Å².